The van der Waals surface area contributed by atoms with Crippen molar-refractivity contribution in [3.05, 3.63) is 29.3 Å². The van der Waals surface area contributed by atoms with Crippen LogP contribution in [0.25, 0.3) is 0 Å². The van der Waals surface area contributed by atoms with Crippen molar-refractivity contribution in [3.8, 4) is 0 Å². The van der Waals surface area contributed by atoms with E-state index >= 15 is 0 Å². The van der Waals surface area contributed by atoms with Crippen LogP contribution in [0.1, 0.15) is 17.5 Å². The van der Waals surface area contributed by atoms with Gasteiger partial charge < -0.3 is 10.1 Å². The number of thioether (sulfide) groups is 1. The maximum absolute atomic E-state index is 11.7. The van der Waals surface area contributed by atoms with Crippen LogP contribution in [0.3, 0.4) is 0 Å². The predicted molar refractivity (Wildman–Crippen MR) is 92.8 cm³/mol. The van der Waals surface area contributed by atoms with E-state index in [-0.39, 0.29) is 29.9 Å². The largest absolute Gasteiger partial charge is 0.455 e. The van der Waals surface area contributed by atoms with Crippen LogP contribution in [-0.4, -0.2) is 50.2 Å². The van der Waals surface area contributed by atoms with Crippen LogP contribution >= 0.6 is 11.8 Å². The van der Waals surface area contributed by atoms with Gasteiger partial charge >= 0.3 is 5.97 Å². The van der Waals surface area contributed by atoms with Crippen LogP contribution in [0.15, 0.2) is 23.1 Å². The summed E-state index contributed by atoms with van der Waals surface area (Å²) in [6.45, 7) is 3.56. The Kier molecular flexibility index (Phi) is 6.28. The molecular formula is C16H21NO5S2. The molecule has 0 radical (unpaired) electrons. The van der Waals surface area contributed by atoms with Crippen LogP contribution in [0.2, 0.25) is 0 Å². The number of sulfone groups is 1. The van der Waals surface area contributed by atoms with Crippen molar-refractivity contribution in [2.24, 2.45) is 0 Å². The van der Waals surface area contributed by atoms with Gasteiger partial charge in [-0.3, -0.25) is 9.59 Å². The zero-order chi connectivity index (χ0) is 17.7. The van der Waals surface area contributed by atoms with E-state index in [1.165, 1.54) is 11.8 Å². The number of benzene rings is 1. The predicted octanol–water partition coefficient (Wildman–Crippen LogP) is 1.24. The van der Waals surface area contributed by atoms with Gasteiger partial charge in [0.2, 0.25) is 0 Å². The first kappa shape index (κ1) is 18.8. The second-order valence-corrected chi connectivity index (χ2v) is 9.13. The third kappa shape index (κ3) is 5.83. The quantitative estimate of drug-likeness (QED) is 0.598. The van der Waals surface area contributed by atoms with Gasteiger partial charge in [-0.25, -0.2) is 8.42 Å². The van der Waals surface area contributed by atoms with E-state index in [9.17, 15) is 18.0 Å². The van der Waals surface area contributed by atoms with Crippen LogP contribution < -0.4 is 5.32 Å². The van der Waals surface area contributed by atoms with Gasteiger partial charge in [-0.1, -0.05) is 17.7 Å². The highest BCUT2D eigenvalue weighted by Crippen LogP contribution is 2.23. The number of carbonyl (C=O) groups excluding carboxylic acids is 2. The van der Waals surface area contributed by atoms with Gasteiger partial charge in [-0.15, -0.1) is 11.8 Å². The molecule has 1 saturated heterocycles. The molecular weight excluding hydrogens is 350 g/mol. The van der Waals surface area contributed by atoms with Crippen molar-refractivity contribution in [1.29, 1.82) is 0 Å². The van der Waals surface area contributed by atoms with Crippen molar-refractivity contribution in [2.75, 3.05) is 23.9 Å². The van der Waals surface area contributed by atoms with E-state index in [2.05, 4.69) is 5.32 Å². The molecule has 0 bridgehead atoms. The summed E-state index contributed by atoms with van der Waals surface area (Å²) in [5, 5.41) is 2.58. The molecule has 1 N–H and O–H groups in total. The van der Waals surface area contributed by atoms with Crippen LogP contribution in [0.5, 0.6) is 0 Å². The highest BCUT2D eigenvalue weighted by atomic mass is 32.2. The molecule has 1 amide bonds. The average molecular weight is 371 g/mol. The Hall–Kier alpha value is -1.54. The molecule has 0 saturated carbocycles. The van der Waals surface area contributed by atoms with Crippen LogP contribution in [-0.2, 0) is 24.2 Å². The monoisotopic (exact) mass is 371 g/mol. The lowest BCUT2D eigenvalue weighted by atomic mass is 10.2. The fourth-order valence-corrected chi connectivity index (χ4v) is 4.96. The van der Waals surface area contributed by atoms with E-state index in [0.717, 1.165) is 16.0 Å². The molecule has 1 aliphatic rings. The van der Waals surface area contributed by atoms with Gasteiger partial charge in [0.25, 0.3) is 5.91 Å². The first-order valence-electron chi connectivity index (χ1n) is 7.60. The minimum Gasteiger partial charge on any atom is -0.455 e. The highest BCUT2D eigenvalue weighted by molar-refractivity contribution is 8.00. The lowest BCUT2D eigenvalue weighted by Gasteiger charge is -2.11. The van der Waals surface area contributed by atoms with Crippen molar-refractivity contribution in [2.45, 2.75) is 31.2 Å². The maximum Gasteiger partial charge on any atom is 0.316 e. The molecule has 1 heterocycles. The Bertz CT molecular complexity index is 730. The molecule has 1 aromatic carbocycles. The Labute approximate surface area is 146 Å². The zero-order valence-corrected chi connectivity index (χ0v) is 15.3. The molecule has 8 heteroatoms. The van der Waals surface area contributed by atoms with E-state index in [1.54, 1.807) is 0 Å². The molecule has 0 spiro atoms. The third-order valence-corrected chi connectivity index (χ3v) is 6.55. The summed E-state index contributed by atoms with van der Waals surface area (Å²) >= 11 is 1.37. The first-order chi connectivity index (χ1) is 11.2. The van der Waals surface area contributed by atoms with E-state index in [1.807, 2.05) is 32.0 Å². The zero-order valence-electron chi connectivity index (χ0n) is 13.7. The second kappa shape index (κ2) is 8.02. The molecule has 6 nitrogen and oxygen atoms in total. The normalized spacial score (nSPS) is 19.0. The summed E-state index contributed by atoms with van der Waals surface area (Å²) in [5.41, 5.74) is 2.20. The Balaban J connectivity index is 1.71. The van der Waals surface area contributed by atoms with Crippen LogP contribution in [0.4, 0.5) is 0 Å². The van der Waals surface area contributed by atoms with Gasteiger partial charge in [-0.2, -0.15) is 0 Å². The maximum atomic E-state index is 11.7. The van der Waals surface area contributed by atoms with Crippen molar-refractivity contribution < 1.29 is 22.7 Å². The number of ether oxygens (including phenoxy) is 1. The topological polar surface area (TPSA) is 89.5 Å². The highest BCUT2D eigenvalue weighted by Gasteiger charge is 2.29. The van der Waals surface area contributed by atoms with Gasteiger partial charge in [-0.05, 0) is 31.9 Å². The number of aryl methyl sites for hydroxylation is 2. The Morgan fingerprint density at radius 1 is 1.33 bits per heavy atom. The van der Waals surface area contributed by atoms with Crippen molar-refractivity contribution in [1.82, 2.24) is 5.32 Å². The fraction of sp³-hybridized carbons (Fsp3) is 0.500. The smallest absolute Gasteiger partial charge is 0.316 e. The summed E-state index contributed by atoms with van der Waals surface area (Å²) in [4.78, 5) is 24.4. The minimum absolute atomic E-state index is 0.0465. The lowest BCUT2D eigenvalue weighted by Crippen LogP contribution is -2.38. The number of carbonyl (C=O) groups is 2. The summed E-state index contributed by atoms with van der Waals surface area (Å²) < 4.78 is 27.6. The molecule has 1 atom stereocenters. The standard InChI is InChI=1S/C16H21NO5S2/c1-11-3-4-12(2)14(7-11)23-9-16(19)22-8-15(18)17-13-5-6-24(20,21)10-13/h3-4,7,13H,5-6,8-10H2,1-2H3,(H,17,18)/t13-/m0/s1. The molecule has 132 valence electrons. The number of hydrogen-bond acceptors (Lipinski definition) is 6. The molecule has 2 rings (SSSR count). The summed E-state index contributed by atoms with van der Waals surface area (Å²) in [7, 11) is -3.05. The Morgan fingerprint density at radius 3 is 2.75 bits per heavy atom. The number of esters is 1. The van der Waals surface area contributed by atoms with Crippen LogP contribution in [0, 0.1) is 13.8 Å². The molecule has 0 aliphatic carbocycles. The first-order valence-corrected chi connectivity index (χ1v) is 10.4. The van der Waals surface area contributed by atoms with Gasteiger partial charge in [0.15, 0.2) is 16.4 Å². The average Bonchev–Trinajstić information content (AvgIpc) is 2.85. The summed E-state index contributed by atoms with van der Waals surface area (Å²) in [6, 6.07) is 5.61. The number of amides is 1. The fourth-order valence-electron chi connectivity index (χ4n) is 2.37. The van der Waals surface area contributed by atoms with Gasteiger partial charge in [0.1, 0.15) is 0 Å². The summed E-state index contributed by atoms with van der Waals surface area (Å²) in [6.07, 6.45) is 0.407. The molecule has 1 aromatic rings. The number of hydrogen-bond donors (Lipinski definition) is 1. The van der Waals surface area contributed by atoms with E-state index in [0.29, 0.717) is 6.42 Å². The molecule has 0 unspecified atom stereocenters. The SMILES string of the molecule is Cc1ccc(C)c(SCC(=O)OCC(=O)N[C@H]2CCS(=O)(=O)C2)c1. The molecule has 0 aromatic heterocycles. The number of rotatable bonds is 6. The van der Waals surface area contributed by atoms with Crippen molar-refractivity contribution in [3.63, 3.8) is 0 Å². The molecule has 24 heavy (non-hydrogen) atoms. The Morgan fingerprint density at radius 2 is 2.08 bits per heavy atom. The summed E-state index contributed by atoms with van der Waals surface area (Å²) in [5.74, 6) is -0.785. The minimum atomic E-state index is -3.05. The molecule has 1 aliphatic heterocycles. The second-order valence-electron chi connectivity index (χ2n) is 5.89. The van der Waals surface area contributed by atoms with Crippen molar-refractivity contribution >= 4 is 33.5 Å². The van der Waals surface area contributed by atoms with E-state index < -0.39 is 21.7 Å². The number of nitrogens with one attached hydrogen (secondary N) is 1. The van der Waals surface area contributed by atoms with Gasteiger partial charge in [0.05, 0.1) is 17.3 Å². The lowest BCUT2D eigenvalue weighted by molar-refractivity contribution is -0.146. The third-order valence-electron chi connectivity index (χ3n) is 3.65. The van der Waals surface area contributed by atoms with E-state index in [4.69, 9.17) is 4.74 Å². The van der Waals surface area contributed by atoms with Gasteiger partial charge in [0, 0.05) is 10.9 Å². The molecule has 1 fully saturated rings.